The van der Waals surface area contributed by atoms with Crippen molar-refractivity contribution in [3.63, 3.8) is 0 Å². The van der Waals surface area contributed by atoms with E-state index in [1.165, 1.54) is 23.1 Å². The Morgan fingerprint density at radius 2 is 1.71 bits per heavy atom. The minimum absolute atomic E-state index is 0.201. The normalized spacial score (nSPS) is 16.5. The first-order valence-electron chi connectivity index (χ1n) is 11.4. The number of carbonyl (C=O) groups is 2. The molecule has 1 aliphatic heterocycles. The maximum Gasteiger partial charge on any atom is 0.407 e. The number of hydrogen-bond donors (Lipinski definition) is 2. The summed E-state index contributed by atoms with van der Waals surface area (Å²) in [6.07, 6.45) is 0.279. The standard InChI is InChI=1S/C25H28ClF2N3O4/c1-24(2,3)35-23(33)30-16-8-10-31(11-9-16)22(32)21(29)25(27,28)14-4-6-17-18-7-5-15(26)13-20(18)34-19(17)12-14/h4-7,12-13,16,21H,8-11,29H2,1-3H3,(H,30,33). The Balaban J connectivity index is 1.43. The van der Waals surface area contributed by atoms with Crippen molar-refractivity contribution in [2.24, 2.45) is 5.73 Å². The number of likely N-dealkylation sites (tertiary alicyclic amines) is 1. The highest BCUT2D eigenvalue weighted by molar-refractivity contribution is 6.31. The molecular formula is C25H28ClF2N3O4. The molecule has 1 unspecified atom stereocenters. The number of amides is 2. The van der Waals surface area contributed by atoms with Crippen LogP contribution in [0.15, 0.2) is 40.8 Å². The van der Waals surface area contributed by atoms with Gasteiger partial charge in [-0.2, -0.15) is 8.78 Å². The molecule has 1 fully saturated rings. The molecule has 4 rings (SSSR count). The van der Waals surface area contributed by atoms with E-state index >= 15 is 8.78 Å². The summed E-state index contributed by atoms with van der Waals surface area (Å²) in [6.45, 7) is 5.68. The molecule has 2 aromatic carbocycles. The summed E-state index contributed by atoms with van der Waals surface area (Å²) in [4.78, 5) is 26.1. The van der Waals surface area contributed by atoms with Crippen molar-refractivity contribution in [3.8, 4) is 0 Å². The number of hydrogen-bond acceptors (Lipinski definition) is 5. The number of alkyl halides is 2. The second kappa shape index (κ2) is 9.28. The maximum atomic E-state index is 15.3. The molecule has 188 valence electrons. The quantitative estimate of drug-likeness (QED) is 0.507. The monoisotopic (exact) mass is 507 g/mol. The Morgan fingerprint density at radius 3 is 2.34 bits per heavy atom. The first-order chi connectivity index (χ1) is 16.3. The van der Waals surface area contributed by atoms with Crippen LogP contribution in [-0.4, -0.2) is 47.7 Å². The highest BCUT2D eigenvalue weighted by Crippen LogP contribution is 2.37. The molecule has 10 heteroatoms. The summed E-state index contributed by atoms with van der Waals surface area (Å²) in [5.74, 6) is -4.46. The topological polar surface area (TPSA) is 97.8 Å². The van der Waals surface area contributed by atoms with E-state index < -0.39 is 35.1 Å². The molecule has 1 aliphatic rings. The van der Waals surface area contributed by atoms with Gasteiger partial charge in [0.05, 0.1) is 0 Å². The fraction of sp³-hybridized carbons (Fsp3) is 0.440. The van der Waals surface area contributed by atoms with E-state index in [1.807, 2.05) is 0 Å². The Bertz CT molecular complexity index is 1260. The van der Waals surface area contributed by atoms with Crippen molar-refractivity contribution in [1.82, 2.24) is 10.2 Å². The van der Waals surface area contributed by atoms with Gasteiger partial charge in [0.2, 0.25) is 5.91 Å². The van der Waals surface area contributed by atoms with Crippen molar-refractivity contribution in [3.05, 3.63) is 47.0 Å². The van der Waals surface area contributed by atoms with Gasteiger partial charge in [-0.25, -0.2) is 4.79 Å². The van der Waals surface area contributed by atoms with Gasteiger partial charge in [-0.3, -0.25) is 4.79 Å². The number of furan rings is 1. The molecule has 0 aliphatic carbocycles. The van der Waals surface area contributed by atoms with Crippen molar-refractivity contribution in [1.29, 1.82) is 0 Å². The fourth-order valence-corrected chi connectivity index (χ4v) is 4.37. The average Bonchev–Trinajstić information content (AvgIpc) is 3.13. The number of benzene rings is 2. The van der Waals surface area contributed by atoms with E-state index in [4.69, 9.17) is 26.5 Å². The minimum Gasteiger partial charge on any atom is -0.456 e. The number of alkyl carbamates (subject to hydrolysis) is 1. The lowest BCUT2D eigenvalue weighted by Gasteiger charge is -2.35. The fourth-order valence-electron chi connectivity index (χ4n) is 4.21. The predicted octanol–water partition coefficient (Wildman–Crippen LogP) is 5.17. The summed E-state index contributed by atoms with van der Waals surface area (Å²) < 4.78 is 41.5. The van der Waals surface area contributed by atoms with Crippen LogP contribution in [0.25, 0.3) is 21.9 Å². The molecule has 0 radical (unpaired) electrons. The van der Waals surface area contributed by atoms with E-state index in [9.17, 15) is 9.59 Å². The van der Waals surface area contributed by atoms with Crippen molar-refractivity contribution in [2.45, 2.75) is 57.2 Å². The Kier molecular flexibility index (Phi) is 6.68. The van der Waals surface area contributed by atoms with Gasteiger partial charge in [0.15, 0.2) is 6.04 Å². The van der Waals surface area contributed by atoms with Crippen molar-refractivity contribution >= 4 is 45.5 Å². The van der Waals surface area contributed by atoms with Gasteiger partial charge in [-0.15, -0.1) is 0 Å². The summed E-state index contributed by atoms with van der Waals surface area (Å²) in [6, 6.07) is 6.81. The van der Waals surface area contributed by atoms with Crippen LogP contribution in [0.5, 0.6) is 0 Å². The molecule has 2 amide bonds. The predicted molar refractivity (Wildman–Crippen MR) is 130 cm³/mol. The number of ether oxygens (including phenoxy) is 1. The third kappa shape index (κ3) is 5.36. The largest absolute Gasteiger partial charge is 0.456 e. The van der Waals surface area contributed by atoms with Crippen LogP contribution >= 0.6 is 11.6 Å². The van der Waals surface area contributed by atoms with E-state index in [2.05, 4.69) is 5.32 Å². The molecular weight excluding hydrogens is 480 g/mol. The highest BCUT2D eigenvalue weighted by atomic mass is 35.5. The van der Waals surface area contributed by atoms with Gasteiger partial charge in [-0.05, 0) is 57.9 Å². The third-order valence-electron chi connectivity index (χ3n) is 6.00. The second-order valence-corrected chi connectivity index (χ2v) is 10.2. The molecule has 1 atom stereocenters. The van der Waals surface area contributed by atoms with Crippen LogP contribution in [0.2, 0.25) is 5.02 Å². The molecule has 1 saturated heterocycles. The number of halogens is 3. The van der Waals surface area contributed by atoms with E-state index in [-0.39, 0.29) is 24.7 Å². The lowest BCUT2D eigenvalue weighted by molar-refractivity contribution is -0.144. The van der Waals surface area contributed by atoms with Crippen LogP contribution in [0.1, 0.15) is 39.2 Å². The number of nitrogens with zero attached hydrogens (tertiary/aromatic N) is 1. The Morgan fingerprint density at radius 1 is 1.11 bits per heavy atom. The van der Waals surface area contributed by atoms with Gasteiger partial charge in [0.1, 0.15) is 16.8 Å². The zero-order valence-corrected chi connectivity index (χ0v) is 20.5. The number of piperidine rings is 1. The summed E-state index contributed by atoms with van der Waals surface area (Å²) in [7, 11) is 0. The highest BCUT2D eigenvalue weighted by Gasteiger charge is 2.46. The van der Waals surface area contributed by atoms with E-state index in [1.54, 1.807) is 39.0 Å². The number of rotatable bonds is 4. The summed E-state index contributed by atoms with van der Waals surface area (Å²) in [5, 5.41) is 4.64. The van der Waals surface area contributed by atoms with Crippen LogP contribution in [0.3, 0.4) is 0 Å². The van der Waals surface area contributed by atoms with E-state index in [0.29, 0.717) is 28.8 Å². The molecule has 3 aromatic rings. The number of nitrogens with two attached hydrogens (primary N) is 1. The first-order valence-corrected chi connectivity index (χ1v) is 11.8. The average molecular weight is 508 g/mol. The van der Waals surface area contributed by atoms with Crippen molar-refractivity contribution < 1.29 is 27.5 Å². The van der Waals surface area contributed by atoms with Gasteiger partial charge < -0.3 is 25.1 Å². The van der Waals surface area contributed by atoms with Crippen LogP contribution in [0.4, 0.5) is 13.6 Å². The smallest absolute Gasteiger partial charge is 0.407 e. The zero-order chi connectivity index (χ0) is 25.5. The zero-order valence-electron chi connectivity index (χ0n) is 19.7. The molecule has 2 heterocycles. The van der Waals surface area contributed by atoms with E-state index in [0.717, 1.165) is 5.39 Å². The third-order valence-corrected chi connectivity index (χ3v) is 6.24. The summed E-state index contributed by atoms with van der Waals surface area (Å²) >= 11 is 5.99. The lowest BCUT2D eigenvalue weighted by Crippen LogP contribution is -2.55. The van der Waals surface area contributed by atoms with Gasteiger partial charge in [0, 0.05) is 46.6 Å². The van der Waals surface area contributed by atoms with Gasteiger partial charge in [0.25, 0.3) is 5.92 Å². The minimum atomic E-state index is -3.62. The molecule has 0 saturated carbocycles. The first kappa shape index (κ1) is 25.2. The van der Waals surface area contributed by atoms with Crippen LogP contribution in [0, 0.1) is 0 Å². The molecule has 1 aromatic heterocycles. The molecule has 0 bridgehead atoms. The Labute approximate surface area is 206 Å². The summed E-state index contributed by atoms with van der Waals surface area (Å²) in [5.41, 5.74) is 5.51. The second-order valence-electron chi connectivity index (χ2n) is 9.80. The number of fused-ring (bicyclic) bond motifs is 3. The number of nitrogens with one attached hydrogen (secondary N) is 1. The van der Waals surface area contributed by atoms with Crippen LogP contribution in [-0.2, 0) is 15.5 Å². The van der Waals surface area contributed by atoms with Gasteiger partial charge >= 0.3 is 6.09 Å². The molecule has 3 N–H and O–H groups in total. The molecule has 7 nitrogen and oxygen atoms in total. The lowest BCUT2D eigenvalue weighted by atomic mass is 9.97. The van der Waals surface area contributed by atoms with Gasteiger partial charge in [-0.1, -0.05) is 17.7 Å². The molecule has 35 heavy (non-hydrogen) atoms. The van der Waals surface area contributed by atoms with Crippen molar-refractivity contribution in [2.75, 3.05) is 13.1 Å². The number of carbonyl (C=O) groups excluding carboxylic acids is 2. The SMILES string of the molecule is CC(C)(C)OC(=O)NC1CCN(C(=O)C(N)C(F)(F)c2ccc3c(c2)oc2cc(Cl)ccc23)CC1. The Hall–Kier alpha value is -2.91. The molecule has 0 spiro atoms. The van der Waals surface area contributed by atoms with Crippen LogP contribution < -0.4 is 11.1 Å². The maximum absolute atomic E-state index is 15.3.